The van der Waals surface area contributed by atoms with E-state index in [0.717, 1.165) is 41.2 Å². The molecule has 0 atom stereocenters. The van der Waals surface area contributed by atoms with E-state index in [4.69, 9.17) is 32.6 Å². The van der Waals surface area contributed by atoms with Crippen molar-refractivity contribution in [3.63, 3.8) is 0 Å². The zero-order chi connectivity index (χ0) is 25.9. The highest BCUT2D eigenvalue weighted by Crippen LogP contribution is 2.43. The number of aryl methyl sites for hydroxylation is 1. The van der Waals surface area contributed by atoms with Gasteiger partial charge in [0, 0.05) is 24.3 Å². The number of hydrogen-bond donors (Lipinski definition) is 3. The molecule has 3 rings (SSSR count). The molecule has 2 aromatic carbocycles. The number of hydrogen-bond acceptors (Lipinski definition) is 5. The molecule has 0 saturated heterocycles. The molecule has 6 nitrogen and oxygen atoms in total. The summed E-state index contributed by atoms with van der Waals surface area (Å²) in [4.78, 5) is 18.2. The van der Waals surface area contributed by atoms with E-state index in [1.54, 1.807) is 18.2 Å². The number of rotatable bonds is 8. The molecule has 1 heterocycles. The van der Waals surface area contributed by atoms with Gasteiger partial charge in [0.25, 0.3) is 14.9 Å². The van der Waals surface area contributed by atoms with Crippen LogP contribution in [0.4, 0.5) is 11.4 Å². The number of benzene rings is 2. The Morgan fingerprint density at radius 2 is 1.74 bits per heavy atom. The number of nitrogens with zero attached hydrogens (tertiary/aromatic N) is 1. The molecule has 0 aliphatic carbocycles. The van der Waals surface area contributed by atoms with Gasteiger partial charge in [0.1, 0.15) is 5.75 Å². The van der Waals surface area contributed by atoms with Crippen LogP contribution in [0.5, 0.6) is 5.75 Å². The fraction of sp³-hybridized carbons (Fsp3) is 0.385. The van der Waals surface area contributed by atoms with Crippen molar-refractivity contribution in [2.45, 2.75) is 46.2 Å². The van der Waals surface area contributed by atoms with Gasteiger partial charge in [-0.1, -0.05) is 50.0 Å². The van der Waals surface area contributed by atoms with Crippen LogP contribution in [0.15, 0.2) is 30.3 Å². The van der Waals surface area contributed by atoms with Crippen molar-refractivity contribution in [3.05, 3.63) is 57.2 Å². The molecule has 3 N–H and O–H groups in total. The van der Waals surface area contributed by atoms with E-state index in [-0.39, 0.29) is 21.0 Å². The largest absolute Gasteiger partial charge is 0.542 e. The fourth-order valence-corrected chi connectivity index (χ4v) is 5.35. The fourth-order valence-electron chi connectivity index (χ4n) is 4.17. The number of halogens is 2. The first-order chi connectivity index (χ1) is 16.5. The number of pyridine rings is 1. The molecule has 187 valence electrons. The molecule has 0 spiro atoms. The van der Waals surface area contributed by atoms with Crippen LogP contribution in [0.25, 0.3) is 10.9 Å². The molecule has 0 saturated carbocycles. The maximum atomic E-state index is 13.2. The molecule has 1 amide bonds. The highest BCUT2D eigenvalue weighted by atomic mass is 35.5. The zero-order valence-corrected chi connectivity index (χ0v) is 23.8. The van der Waals surface area contributed by atoms with Gasteiger partial charge in [-0.25, -0.2) is 0 Å². The predicted octanol–water partition coefficient (Wildman–Crippen LogP) is 6.66. The highest BCUT2D eigenvalue weighted by molar-refractivity contribution is 6.49. The van der Waals surface area contributed by atoms with Crippen molar-refractivity contribution in [2.75, 3.05) is 30.8 Å². The summed E-state index contributed by atoms with van der Waals surface area (Å²) in [6.45, 7) is 14.2. The first-order valence-corrected chi connectivity index (χ1v) is 14.7. The smallest absolute Gasteiger partial charge is 0.274 e. The topological polar surface area (TPSA) is 75.3 Å². The zero-order valence-electron chi connectivity index (χ0n) is 21.3. The third-order valence-electron chi connectivity index (χ3n) is 5.46. The first-order valence-electron chi connectivity index (χ1n) is 11.5. The molecular formula is C26H33Cl2N4O2Si. The minimum atomic E-state index is -1.06. The summed E-state index contributed by atoms with van der Waals surface area (Å²) in [7, 11) is 0.868. The van der Waals surface area contributed by atoms with Crippen molar-refractivity contribution in [1.29, 1.82) is 0 Å². The van der Waals surface area contributed by atoms with Gasteiger partial charge in [-0.15, -0.1) is 0 Å². The van der Waals surface area contributed by atoms with E-state index in [2.05, 4.69) is 49.8 Å². The van der Waals surface area contributed by atoms with E-state index < -0.39 is 14.9 Å². The molecule has 35 heavy (non-hydrogen) atoms. The maximum Gasteiger partial charge on any atom is 0.274 e. The third kappa shape index (κ3) is 6.09. The number of aromatic nitrogens is 1. The predicted molar refractivity (Wildman–Crippen MR) is 150 cm³/mol. The standard InChI is InChI=1S/C26H33Cl2N4O2Si/c1-15-22(26(2,3)4)24(30-14-13-29-5)21-19(34-35(6)7)12-11-18(23(21)31-15)32-25(33)20-16(27)9-8-10-17(20)28/h8-12,29H,13-14H2,1-7H3,(H,30,31)(H,32,33). The summed E-state index contributed by atoms with van der Waals surface area (Å²) in [5.74, 6) is 0.355. The lowest BCUT2D eigenvalue weighted by molar-refractivity contribution is 0.102. The van der Waals surface area contributed by atoms with Crippen LogP contribution in [0.2, 0.25) is 23.1 Å². The normalized spacial score (nSPS) is 11.7. The number of anilines is 2. The number of fused-ring (bicyclic) bond motifs is 1. The Hall–Kier alpha value is -2.32. The van der Waals surface area contributed by atoms with Gasteiger partial charge < -0.3 is 20.4 Å². The number of nitrogens with one attached hydrogen (secondary N) is 3. The lowest BCUT2D eigenvalue weighted by Crippen LogP contribution is -2.23. The summed E-state index contributed by atoms with van der Waals surface area (Å²) < 4.78 is 6.32. The minimum Gasteiger partial charge on any atom is -0.542 e. The number of carbonyl (C=O) groups is 1. The van der Waals surface area contributed by atoms with Crippen molar-refractivity contribution >= 4 is 60.4 Å². The Labute approximate surface area is 219 Å². The van der Waals surface area contributed by atoms with Gasteiger partial charge in [0.15, 0.2) is 0 Å². The third-order valence-corrected chi connectivity index (χ3v) is 6.72. The van der Waals surface area contributed by atoms with E-state index in [1.165, 1.54) is 0 Å². The van der Waals surface area contributed by atoms with E-state index in [1.807, 2.05) is 26.1 Å². The van der Waals surface area contributed by atoms with Crippen molar-refractivity contribution in [3.8, 4) is 5.75 Å². The number of carbonyl (C=O) groups excluding carboxylic acids is 1. The molecule has 3 aromatic rings. The van der Waals surface area contributed by atoms with Gasteiger partial charge in [-0.05, 0) is 56.7 Å². The number of amides is 1. The quantitative estimate of drug-likeness (QED) is 0.223. The van der Waals surface area contributed by atoms with Crippen LogP contribution >= 0.6 is 23.2 Å². The summed E-state index contributed by atoms with van der Waals surface area (Å²) in [5.41, 5.74) is 4.26. The van der Waals surface area contributed by atoms with Gasteiger partial charge >= 0.3 is 0 Å². The Kier molecular flexibility index (Phi) is 8.70. The molecule has 0 aliphatic rings. The van der Waals surface area contributed by atoms with Crippen molar-refractivity contribution in [2.24, 2.45) is 0 Å². The average Bonchev–Trinajstić information content (AvgIpc) is 2.74. The molecular weight excluding hydrogens is 499 g/mol. The van der Waals surface area contributed by atoms with Crippen LogP contribution in [0.3, 0.4) is 0 Å². The second kappa shape index (κ2) is 11.2. The van der Waals surface area contributed by atoms with Crippen LogP contribution in [-0.4, -0.2) is 40.1 Å². The number of likely N-dealkylation sites (N-methyl/N-ethyl adjacent to an activating group) is 1. The highest BCUT2D eigenvalue weighted by Gasteiger charge is 2.27. The molecule has 0 aliphatic heterocycles. The first kappa shape index (κ1) is 27.3. The Bertz CT molecular complexity index is 1220. The van der Waals surface area contributed by atoms with Gasteiger partial charge in [-0.3, -0.25) is 9.78 Å². The summed E-state index contributed by atoms with van der Waals surface area (Å²) in [6, 6.07) is 8.72. The van der Waals surface area contributed by atoms with Crippen molar-refractivity contribution in [1.82, 2.24) is 10.3 Å². The molecule has 0 bridgehead atoms. The minimum absolute atomic E-state index is 0.166. The van der Waals surface area contributed by atoms with Crippen LogP contribution in [0.1, 0.15) is 42.4 Å². The molecule has 0 fully saturated rings. The molecule has 0 unspecified atom stereocenters. The second-order valence-corrected chi connectivity index (χ2v) is 12.5. The summed E-state index contributed by atoms with van der Waals surface area (Å²) in [5, 5.41) is 11.2. The van der Waals surface area contributed by atoms with Gasteiger partial charge in [-0.2, -0.15) is 0 Å². The molecule has 9 heteroatoms. The molecule has 1 aromatic heterocycles. The molecule has 1 radical (unpaired) electrons. The monoisotopic (exact) mass is 531 g/mol. The Morgan fingerprint density at radius 1 is 1.09 bits per heavy atom. The van der Waals surface area contributed by atoms with Gasteiger partial charge in [0.05, 0.1) is 37.9 Å². The maximum absolute atomic E-state index is 13.2. The van der Waals surface area contributed by atoms with E-state index in [0.29, 0.717) is 11.2 Å². The van der Waals surface area contributed by atoms with Crippen LogP contribution < -0.4 is 20.4 Å². The summed E-state index contributed by atoms with van der Waals surface area (Å²) in [6.07, 6.45) is 0. The van der Waals surface area contributed by atoms with Gasteiger partial charge in [0.2, 0.25) is 0 Å². The van der Waals surface area contributed by atoms with Crippen LogP contribution in [0, 0.1) is 6.92 Å². The van der Waals surface area contributed by atoms with Crippen molar-refractivity contribution < 1.29 is 9.22 Å². The summed E-state index contributed by atoms with van der Waals surface area (Å²) >= 11 is 12.6. The van der Waals surface area contributed by atoms with Crippen LogP contribution in [-0.2, 0) is 5.41 Å². The SMILES string of the molecule is CNCCNc1c(C(C)(C)C)c(C)nc2c(NC(=O)c3c(Cl)cccc3Cl)ccc(O[Si](C)C)c12. The Morgan fingerprint density at radius 3 is 2.31 bits per heavy atom. The Balaban J connectivity index is 2.27. The van der Waals surface area contributed by atoms with E-state index in [9.17, 15) is 4.79 Å². The van der Waals surface area contributed by atoms with E-state index >= 15 is 0 Å². The lowest BCUT2D eigenvalue weighted by atomic mass is 9.83. The lowest BCUT2D eigenvalue weighted by Gasteiger charge is -2.28. The second-order valence-electron chi connectivity index (χ2n) is 9.62. The average molecular weight is 533 g/mol.